The third-order valence-corrected chi connectivity index (χ3v) is 4.85. The van der Waals surface area contributed by atoms with Gasteiger partial charge in [0.2, 0.25) is 0 Å². The Balaban J connectivity index is 1.69. The molecule has 0 unspecified atom stereocenters. The molecule has 0 aliphatic heterocycles. The second-order valence-corrected chi connectivity index (χ2v) is 7.28. The molecule has 2 atom stereocenters. The van der Waals surface area contributed by atoms with Gasteiger partial charge in [0.25, 0.3) is 5.91 Å². The summed E-state index contributed by atoms with van der Waals surface area (Å²) in [5.74, 6) is -0.0387. The van der Waals surface area contributed by atoms with Crippen LogP contribution in [0.5, 0.6) is 5.75 Å². The van der Waals surface area contributed by atoms with Gasteiger partial charge in [0.1, 0.15) is 5.75 Å². The van der Waals surface area contributed by atoms with Crippen LogP contribution in [0.1, 0.15) is 32.6 Å². The summed E-state index contributed by atoms with van der Waals surface area (Å²) in [5, 5.41) is 3.32. The lowest BCUT2D eigenvalue weighted by atomic mass is 9.86. The minimum Gasteiger partial charge on any atom is -0.480 e. The monoisotopic (exact) mass is 417 g/mol. The van der Waals surface area contributed by atoms with Crippen molar-refractivity contribution in [1.29, 1.82) is 0 Å². The highest BCUT2D eigenvalue weighted by atomic mass is 79.9. The van der Waals surface area contributed by atoms with E-state index in [4.69, 9.17) is 21.1 Å². The van der Waals surface area contributed by atoms with Gasteiger partial charge in [-0.25, -0.2) is 4.79 Å². The zero-order valence-electron chi connectivity index (χ0n) is 13.5. The van der Waals surface area contributed by atoms with Gasteiger partial charge in [-0.3, -0.25) is 4.79 Å². The minimum absolute atomic E-state index is 0.169. The third kappa shape index (κ3) is 5.98. The molecule has 1 aliphatic carbocycles. The first-order valence-corrected chi connectivity index (χ1v) is 9.15. The number of nitrogens with one attached hydrogen (secondary N) is 1. The van der Waals surface area contributed by atoms with Gasteiger partial charge in [0.15, 0.2) is 13.2 Å². The van der Waals surface area contributed by atoms with Gasteiger partial charge in [-0.15, -0.1) is 0 Å². The minimum atomic E-state index is -0.610. The lowest BCUT2D eigenvalue weighted by Gasteiger charge is -2.29. The average molecular weight is 419 g/mol. The Morgan fingerprint density at radius 3 is 2.75 bits per heavy atom. The number of halogens is 2. The SMILES string of the molecule is C[C@@H]1CCCC[C@@H]1NC(=O)COC(=O)COc1ccc(Br)cc1Cl. The lowest BCUT2D eigenvalue weighted by molar-refractivity contribution is -0.150. The second-order valence-electron chi connectivity index (χ2n) is 5.96. The zero-order valence-corrected chi connectivity index (χ0v) is 15.9. The number of carbonyl (C=O) groups excluding carboxylic acids is 2. The fourth-order valence-corrected chi connectivity index (χ4v) is 3.42. The van der Waals surface area contributed by atoms with Crippen molar-refractivity contribution in [1.82, 2.24) is 5.32 Å². The Morgan fingerprint density at radius 2 is 2.04 bits per heavy atom. The topological polar surface area (TPSA) is 64.6 Å². The Hall–Kier alpha value is -1.27. The van der Waals surface area contributed by atoms with Crippen LogP contribution in [0.4, 0.5) is 0 Å². The molecule has 1 fully saturated rings. The van der Waals surface area contributed by atoms with E-state index in [1.54, 1.807) is 18.2 Å². The summed E-state index contributed by atoms with van der Waals surface area (Å²) in [6.45, 7) is 1.54. The van der Waals surface area contributed by atoms with Crippen LogP contribution in [0.25, 0.3) is 0 Å². The van der Waals surface area contributed by atoms with E-state index in [1.807, 2.05) is 0 Å². The van der Waals surface area contributed by atoms with Crippen molar-refractivity contribution in [3.63, 3.8) is 0 Å². The Bertz CT molecular complexity index is 596. The molecule has 1 saturated carbocycles. The van der Waals surface area contributed by atoms with Gasteiger partial charge in [0, 0.05) is 10.5 Å². The zero-order chi connectivity index (χ0) is 17.5. The second kappa shape index (κ2) is 9.28. The van der Waals surface area contributed by atoms with Crippen molar-refractivity contribution in [3.8, 4) is 5.75 Å². The largest absolute Gasteiger partial charge is 0.480 e. The summed E-state index contributed by atoms with van der Waals surface area (Å²) in [4.78, 5) is 23.5. The van der Waals surface area contributed by atoms with Crippen LogP contribution in [-0.4, -0.2) is 31.1 Å². The molecule has 1 aromatic carbocycles. The molecule has 1 aliphatic rings. The van der Waals surface area contributed by atoms with Gasteiger partial charge in [0.05, 0.1) is 5.02 Å². The summed E-state index contributed by atoms with van der Waals surface area (Å²) in [6, 6.07) is 5.24. The first-order chi connectivity index (χ1) is 11.5. The molecule has 24 heavy (non-hydrogen) atoms. The molecule has 1 N–H and O–H groups in total. The highest BCUT2D eigenvalue weighted by molar-refractivity contribution is 9.10. The molecular formula is C17H21BrClNO4. The molecule has 0 aromatic heterocycles. The summed E-state index contributed by atoms with van der Waals surface area (Å²) < 4.78 is 11.0. The van der Waals surface area contributed by atoms with Crippen LogP contribution in [0, 0.1) is 5.92 Å². The molecule has 0 saturated heterocycles. The number of amides is 1. The number of benzene rings is 1. The van der Waals surface area contributed by atoms with Gasteiger partial charge in [-0.2, -0.15) is 0 Å². The maximum Gasteiger partial charge on any atom is 0.344 e. The summed E-state index contributed by atoms with van der Waals surface area (Å²) in [7, 11) is 0. The van der Waals surface area contributed by atoms with Crippen LogP contribution in [0.3, 0.4) is 0 Å². The number of hydrogen-bond acceptors (Lipinski definition) is 4. The van der Waals surface area contributed by atoms with Crippen molar-refractivity contribution in [3.05, 3.63) is 27.7 Å². The molecule has 132 valence electrons. The average Bonchev–Trinajstić information content (AvgIpc) is 2.54. The van der Waals surface area contributed by atoms with E-state index in [9.17, 15) is 9.59 Å². The molecule has 1 amide bonds. The smallest absolute Gasteiger partial charge is 0.344 e. The highest BCUT2D eigenvalue weighted by Crippen LogP contribution is 2.27. The van der Waals surface area contributed by atoms with Gasteiger partial charge < -0.3 is 14.8 Å². The van der Waals surface area contributed by atoms with E-state index < -0.39 is 5.97 Å². The van der Waals surface area contributed by atoms with Crippen LogP contribution in [0.15, 0.2) is 22.7 Å². The van der Waals surface area contributed by atoms with Crippen LogP contribution in [0.2, 0.25) is 5.02 Å². The van der Waals surface area contributed by atoms with Crippen molar-refractivity contribution in [2.45, 2.75) is 38.6 Å². The van der Waals surface area contributed by atoms with Crippen LogP contribution in [-0.2, 0) is 14.3 Å². The maximum atomic E-state index is 11.9. The Labute approximate surface area is 155 Å². The standard InChI is InChI=1S/C17H21BrClNO4/c1-11-4-2-3-5-14(11)20-16(21)9-24-17(22)10-23-15-7-6-12(18)8-13(15)19/h6-8,11,14H,2-5,9-10H2,1H3,(H,20,21)/t11-,14+/m1/s1. The molecular weight excluding hydrogens is 398 g/mol. The van der Waals surface area contributed by atoms with Crippen molar-refractivity contribution < 1.29 is 19.1 Å². The molecule has 7 heteroatoms. The number of rotatable bonds is 6. The first kappa shape index (κ1) is 19.1. The van der Waals surface area contributed by atoms with E-state index in [2.05, 4.69) is 28.2 Å². The van der Waals surface area contributed by atoms with Gasteiger partial charge in [-0.05, 0) is 37.0 Å². The summed E-state index contributed by atoms with van der Waals surface area (Å²) >= 11 is 9.28. The van der Waals surface area contributed by atoms with E-state index in [-0.39, 0.29) is 25.2 Å². The van der Waals surface area contributed by atoms with Crippen molar-refractivity contribution in [2.24, 2.45) is 5.92 Å². The predicted octanol–water partition coefficient (Wildman–Crippen LogP) is 3.72. The Morgan fingerprint density at radius 1 is 1.29 bits per heavy atom. The maximum absolute atomic E-state index is 11.9. The van der Waals surface area contributed by atoms with Gasteiger partial charge in [-0.1, -0.05) is 47.3 Å². The van der Waals surface area contributed by atoms with Crippen molar-refractivity contribution >= 4 is 39.4 Å². The lowest BCUT2D eigenvalue weighted by Crippen LogP contribution is -2.43. The predicted molar refractivity (Wildman–Crippen MR) is 95.2 cm³/mol. The number of carbonyl (C=O) groups is 2. The third-order valence-electron chi connectivity index (χ3n) is 4.06. The van der Waals surface area contributed by atoms with Crippen LogP contribution < -0.4 is 10.1 Å². The quantitative estimate of drug-likeness (QED) is 0.715. The Kier molecular flexibility index (Phi) is 7.37. The molecule has 5 nitrogen and oxygen atoms in total. The summed E-state index contributed by atoms with van der Waals surface area (Å²) in [5.41, 5.74) is 0. The summed E-state index contributed by atoms with van der Waals surface area (Å²) in [6.07, 6.45) is 4.42. The number of esters is 1. The highest BCUT2D eigenvalue weighted by Gasteiger charge is 2.23. The van der Waals surface area contributed by atoms with E-state index in [0.29, 0.717) is 16.7 Å². The molecule has 0 spiro atoms. The molecule has 2 rings (SSSR count). The fraction of sp³-hybridized carbons (Fsp3) is 0.529. The first-order valence-electron chi connectivity index (χ1n) is 7.98. The normalized spacial score (nSPS) is 20.3. The van der Waals surface area contributed by atoms with E-state index in [1.165, 1.54) is 6.42 Å². The number of ether oxygens (including phenoxy) is 2. The molecule has 1 aromatic rings. The van der Waals surface area contributed by atoms with Crippen molar-refractivity contribution in [2.75, 3.05) is 13.2 Å². The number of hydrogen-bond donors (Lipinski definition) is 1. The van der Waals surface area contributed by atoms with Crippen LogP contribution >= 0.6 is 27.5 Å². The molecule has 0 radical (unpaired) electrons. The van der Waals surface area contributed by atoms with E-state index in [0.717, 1.165) is 23.7 Å². The molecule has 0 heterocycles. The molecule has 0 bridgehead atoms. The fourth-order valence-electron chi connectivity index (χ4n) is 2.70. The van der Waals surface area contributed by atoms with E-state index >= 15 is 0 Å². The van der Waals surface area contributed by atoms with Gasteiger partial charge >= 0.3 is 5.97 Å².